The van der Waals surface area contributed by atoms with E-state index in [0.29, 0.717) is 0 Å². The molecule has 2 heteroatoms. The Bertz CT molecular complexity index is 402. The molecule has 0 saturated carbocycles. The minimum absolute atomic E-state index is 0.0740. The minimum Gasteiger partial charge on any atom is -0.306 e. The molecule has 0 spiro atoms. The van der Waals surface area contributed by atoms with Gasteiger partial charge in [-0.05, 0) is 39.0 Å². The summed E-state index contributed by atoms with van der Waals surface area (Å²) >= 11 is 0. The minimum atomic E-state index is -0.0740. The fourth-order valence-corrected chi connectivity index (χ4v) is 1.77. The van der Waals surface area contributed by atoms with E-state index < -0.39 is 0 Å². The van der Waals surface area contributed by atoms with Crippen LogP contribution in [-0.2, 0) is 0 Å². The Labute approximate surface area is 90.9 Å². The number of allylic oxidation sites excluding steroid dienone is 1. The van der Waals surface area contributed by atoms with Crippen LogP contribution in [0.4, 0.5) is 5.69 Å². The molecule has 1 heterocycles. The monoisotopic (exact) mass is 200 g/mol. The first-order chi connectivity index (χ1) is 7.08. The molecule has 0 aromatic heterocycles. The van der Waals surface area contributed by atoms with Gasteiger partial charge in [-0.15, -0.1) is 0 Å². The number of para-hydroxylation sites is 1. The molecule has 0 bridgehead atoms. The summed E-state index contributed by atoms with van der Waals surface area (Å²) in [6.45, 7) is 6.32. The van der Waals surface area contributed by atoms with Crippen LogP contribution in [0.3, 0.4) is 0 Å². The summed E-state index contributed by atoms with van der Waals surface area (Å²) in [6, 6.07) is 10.3. The van der Waals surface area contributed by atoms with Gasteiger partial charge >= 0.3 is 0 Å². The van der Waals surface area contributed by atoms with Gasteiger partial charge in [-0.2, -0.15) is 0 Å². The molecular weight excluding hydrogens is 184 g/mol. The molecule has 1 aliphatic heterocycles. The molecule has 78 valence electrons. The third kappa shape index (κ3) is 2.09. The summed E-state index contributed by atoms with van der Waals surface area (Å²) in [6.07, 6.45) is 4.09. The van der Waals surface area contributed by atoms with E-state index in [2.05, 4.69) is 48.9 Å². The molecule has 0 fully saturated rings. The lowest BCUT2D eigenvalue weighted by Gasteiger charge is -2.29. The molecule has 2 rings (SSSR count). The third-order valence-corrected chi connectivity index (χ3v) is 2.48. The first kappa shape index (κ1) is 9.97. The number of hydrogen-bond acceptors (Lipinski definition) is 2. The van der Waals surface area contributed by atoms with E-state index in [1.54, 1.807) is 0 Å². The zero-order valence-electron chi connectivity index (χ0n) is 9.44. The smallest absolute Gasteiger partial charge is 0.0948 e. The Kier molecular flexibility index (Phi) is 2.35. The molecular formula is C13H16N2. The van der Waals surface area contributed by atoms with Crippen LogP contribution >= 0.6 is 0 Å². The van der Waals surface area contributed by atoms with Gasteiger partial charge in [0.1, 0.15) is 0 Å². The van der Waals surface area contributed by atoms with Gasteiger partial charge in [0.05, 0.1) is 11.9 Å². The number of nitrogens with zero attached hydrogens (tertiary/aromatic N) is 2. The van der Waals surface area contributed by atoms with E-state index in [4.69, 9.17) is 0 Å². The summed E-state index contributed by atoms with van der Waals surface area (Å²) in [5, 5.41) is 0. The van der Waals surface area contributed by atoms with Crippen LogP contribution in [0.2, 0.25) is 0 Å². The standard InChI is InChI=1S/C13H16N2/c1-11-9-13(2,3)14-10-15(11)12-7-5-4-6-8-12/h4-10H,1-3H3. The van der Waals surface area contributed by atoms with Crippen molar-refractivity contribution in [2.45, 2.75) is 26.3 Å². The molecule has 0 atom stereocenters. The number of aliphatic imine (C=N–C) groups is 1. The summed E-state index contributed by atoms with van der Waals surface area (Å²) in [5.74, 6) is 0. The Hall–Kier alpha value is -1.57. The van der Waals surface area contributed by atoms with Gasteiger partial charge in [0.25, 0.3) is 0 Å². The van der Waals surface area contributed by atoms with Crippen LogP contribution in [0.1, 0.15) is 20.8 Å². The van der Waals surface area contributed by atoms with Crippen LogP contribution in [0.25, 0.3) is 0 Å². The van der Waals surface area contributed by atoms with E-state index in [0.717, 1.165) is 5.69 Å². The number of benzene rings is 1. The zero-order chi connectivity index (χ0) is 10.9. The van der Waals surface area contributed by atoms with E-state index in [-0.39, 0.29) is 5.54 Å². The molecule has 0 unspecified atom stereocenters. The Morgan fingerprint density at radius 3 is 2.40 bits per heavy atom. The fraction of sp³-hybridized carbons (Fsp3) is 0.308. The van der Waals surface area contributed by atoms with Crippen molar-refractivity contribution in [1.29, 1.82) is 0 Å². The van der Waals surface area contributed by atoms with Crippen LogP contribution < -0.4 is 4.90 Å². The van der Waals surface area contributed by atoms with Crippen LogP contribution in [0.5, 0.6) is 0 Å². The van der Waals surface area contributed by atoms with Crippen molar-refractivity contribution in [3.05, 3.63) is 42.1 Å². The molecule has 0 N–H and O–H groups in total. The fourth-order valence-electron chi connectivity index (χ4n) is 1.77. The Morgan fingerprint density at radius 2 is 1.80 bits per heavy atom. The molecule has 1 aliphatic rings. The van der Waals surface area contributed by atoms with Gasteiger partial charge in [0.15, 0.2) is 0 Å². The lowest BCUT2D eigenvalue weighted by molar-refractivity contribution is 0.644. The highest BCUT2D eigenvalue weighted by Gasteiger charge is 2.19. The van der Waals surface area contributed by atoms with Gasteiger partial charge in [0.2, 0.25) is 0 Å². The highest BCUT2D eigenvalue weighted by Crippen LogP contribution is 2.24. The second-order valence-corrected chi connectivity index (χ2v) is 4.39. The molecule has 2 nitrogen and oxygen atoms in total. The normalized spacial score (nSPS) is 18.9. The highest BCUT2D eigenvalue weighted by atomic mass is 15.2. The first-order valence-corrected chi connectivity index (χ1v) is 5.18. The van der Waals surface area contributed by atoms with Crippen molar-refractivity contribution in [3.8, 4) is 0 Å². The number of hydrogen-bond donors (Lipinski definition) is 0. The summed E-state index contributed by atoms with van der Waals surface area (Å²) in [7, 11) is 0. The maximum Gasteiger partial charge on any atom is 0.0948 e. The van der Waals surface area contributed by atoms with Crippen molar-refractivity contribution < 1.29 is 0 Å². The lowest BCUT2D eigenvalue weighted by atomic mass is 10.0. The maximum atomic E-state index is 4.49. The van der Waals surface area contributed by atoms with E-state index in [1.165, 1.54) is 5.70 Å². The van der Waals surface area contributed by atoms with E-state index in [1.807, 2.05) is 24.5 Å². The van der Waals surface area contributed by atoms with E-state index in [9.17, 15) is 0 Å². The van der Waals surface area contributed by atoms with Crippen molar-refractivity contribution in [2.75, 3.05) is 4.90 Å². The average molecular weight is 200 g/mol. The molecule has 15 heavy (non-hydrogen) atoms. The first-order valence-electron chi connectivity index (χ1n) is 5.18. The number of anilines is 1. The average Bonchev–Trinajstić information content (AvgIpc) is 2.17. The highest BCUT2D eigenvalue weighted by molar-refractivity contribution is 5.84. The number of rotatable bonds is 1. The maximum absolute atomic E-state index is 4.49. The summed E-state index contributed by atoms with van der Waals surface area (Å²) in [4.78, 5) is 6.60. The van der Waals surface area contributed by atoms with Gasteiger partial charge in [0, 0.05) is 11.4 Å². The summed E-state index contributed by atoms with van der Waals surface area (Å²) < 4.78 is 0. The SMILES string of the molecule is CC1=CC(C)(C)N=CN1c1ccccc1. The molecule has 0 amide bonds. The van der Waals surface area contributed by atoms with Crippen molar-refractivity contribution in [2.24, 2.45) is 4.99 Å². The van der Waals surface area contributed by atoms with Crippen molar-refractivity contribution in [1.82, 2.24) is 0 Å². The quantitative estimate of drug-likeness (QED) is 0.679. The second-order valence-electron chi connectivity index (χ2n) is 4.39. The largest absolute Gasteiger partial charge is 0.306 e. The van der Waals surface area contributed by atoms with Crippen LogP contribution in [0, 0.1) is 0 Å². The topological polar surface area (TPSA) is 15.6 Å². The molecule has 0 radical (unpaired) electrons. The van der Waals surface area contributed by atoms with Crippen molar-refractivity contribution >= 4 is 12.0 Å². The zero-order valence-corrected chi connectivity index (χ0v) is 9.44. The van der Waals surface area contributed by atoms with E-state index >= 15 is 0 Å². The van der Waals surface area contributed by atoms with Crippen molar-refractivity contribution in [3.63, 3.8) is 0 Å². The van der Waals surface area contributed by atoms with Gasteiger partial charge < -0.3 is 4.90 Å². The van der Waals surface area contributed by atoms with Gasteiger partial charge in [-0.25, -0.2) is 0 Å². The van der Waals surface area contributed by atoms with Crippen LogP contribution in [-0.4, -0.2) is 11.9 Å². The van der Waals surface area contributed by atoms with Gasteiger partial charge in [-0.1, -0.05) is 18.2 Å². The Morgan fingerprint density at radius 1 is 1.13 bits per heavy atom. The summed E-state index contributed by atoms with van der Waals surface area (Å²) in [5.41, 5.74) is 2.31. The molecule has 0 saturated heterocycles. The van der Waals surface area contributed by atoms with Crippen LogP contribution in [0.15, 0.2) is 47.1 Å². The second kappa shape index (κ2) is 3.54. The predicted octanol–water partition coefficient (Wildman–Crippen LogP) is 3.22. The molecule has 0 aliphatic carbocycles. The molecule has 1 aromatic carbocycles. The molecule has 1 aromatic rings. The third-order valence-electron chi connectivity index (χ3n) is 2.48. The lowest BCUT2D eigenvalue weighted by Crippen LogP contribution is -2.29. The predicted molar refractivity (Wildman–Crippen MR) is 65.2 cm³/mol. The van der Waals surface area contributed by atoms with Gasteiger partial charge in [-0.3, -0.25) is 4.99 Å². The Balaban J connectivity index is 2.32.